The van der Waals surface area contributed by atoms with E-state index in [1.165, 1.54) is 0 Å². The van der Waals surface area contributed by atoms with E-state index in [1.807, 2.05) is 36.9 Å². The van der Waals surface area contributed by atoms with Crippen molar-refractivity contribution in [2.24, 2.45) is 0 Å². The normalized spacial score (nSPS) is 10.6. The molecule has 0 aliphatic carbocycles. The summed E-state index contributed by atoms with van der Waals surface area (Å²) in [6.07, 6.45) is 0.978. The summed E-state index contributed by atoms with van der Waals surface area (Å²) in [5.41, 5.74) is 2.83. The third-order valence-electron chi connectivity index (χ3n) is 3.12. The first kappa shape index (κ1) is 15.5. The van der Waals surface area contributed by atoms with Gasteiger partial charge in [-0.25, -0.2) is 0 Å². The van der Waals surface area contributed by atoms with E-state index in [1.54, 1.807) is 0 Å². The van der Waals surface area contributed by atoms with Crippen LogP contribution in [0.3, 0.4) is 0 Å². The number of amides is 1. The molecule has 0 bridgehead atoms. The topological polar surface area (TPSA) is 32.3 Å². The number of hydrogen-bond donors (Lipinski definition) is 1. The fourth-order valence-electron chi connectivity index (χ4n) is 2.17. The highest BCUT2D eigenvalue weighted by atomic mass is 16.2. The summed E-state index contributed by atoms with van der Waals surface area (Å²) < 4.78 is 0. The van der Waals surface area contributed by atoms with E-state index in [2.05, 4.69) is 26.1 Å². The summed E-state index contributed by atoms with van der Waals surface area (Å²) in [7, 11) is 0. The smallest absolute Gasteiger partial charge is 0.256 e. The van der Waals surface area contributed by atoms with Crippen molar-refractivity contribution in [2.45, 2.75) is 47.1 Å². The highest BCUT2D eigenvalue weighted by Gasteiger charge is 2.20. The van der Waals surface area contributed by atoms with Gasteiger partial charge in [-0.3, -0.25) is 4.79 Å². The second-order valence-electron chi connectivity index (χ2n) is 5.17. The van der Waals surface area contributed by atoms with Crippen LogP contribution in [0.1, 0.15) is 50.0 Å². The van der Waals surface area contributed by atoms with Crippen molar-refractivity contribution in [3.8, 4) is 0 Å². The molecule has 1 aromatic rings. The van der Waals surface area contributed by atoms with Crippen LogP contribution in [0.5, 0.6) is 0 Å². The van der Waals surface area contributed by atoms with Crippen LogP contribution in [0.25, 0.3) is 0 Å². The summed E-state index contributed by atoms with van der Waals surface area (Å²) in [5.74, 6) is 0.122. The highest BCUT2D eigenvalue weighted by Crippen LogP contribution is 2.20. The third kappa shape index (κ3) is 3.98. The molecule has 0 saturated heterocycles. The average Bonchev–Trinajstić information content (AvgIpc) is 2.37. The first-order valence-electron chi connectivity index (χ1n) is 7.16. The van der Waals surface area contributed by atoms with E-state index in [-0.39, 0.29) is 11.9 Å². The number of carbonyl (C=O) groups excluding carboxylic acids is 1. The minimum Gasteiger partial charge on any atom is -0.385 e. The summed E-state index contributed by atoms with van der Waals surface area (Å²) in [4.78, 5) is 14.7. The number of carbonyl (C=O) groups is 1. The van der Waals surface area contributed by atoms with Gasteiger partial charge in [0.15, 0.2) is 0 Å². The van der Waals surface area contributed by atoms with Crippen molar-refractivity contribution in [3.63, 3.8) is 0 Å². The number of anilines is 1. The number of hydrogen-bond acceptors (Lipinski definition) is 2. The SMILES string of the molecule is CCCN(C(=O)c1cc(C)ccc1NCC)C(C)C. The van der Waals surface area contributed by atoms with Crippen molar-refractivity contribution in [1.29, 1.82) is 0 Å². The predicted octanol–water partition coefficient (Wildman–Crippen LogP) is 3.69. The second kappa shape index (κ2) is 7.17. The summed E-state index contributed by atoms with van der Waals surface area (Å²) in [6.45, 7) is 11.9. The molecule has 0 atom stereocenters. The molecule has 0 heterocycles. The number of nitrogens with zero attached hydrogens (tertiary/aromatic N) is 1. The van der Waals surface area contributed by atoms with Crippen LogP contribution < -0.4 is 5.32 Å². The van der Waals surface area contributed by atoms with Gasteiger partial charge in [-0.1, -0.05) is 18.6 Å². The largest absolute Gasteiger partial charge is 0.385 e. The summed E-state index contributed by atoms with van der Waals surface area (Å²) in [5, 5.41) is 3.27. The van der Waals surface area contributed by atoms with Crippen LogP contribution in [0.4, 0.5) is 5.69 Å². The van der Waals surface area contributed by atoms with Gasteiger partial charge in [-0.2, -0.15) is 0 Å². The van der Waals surface area contributed by atoms with Crippen LogP contribution >= 0.6 is 0 Å². The zero-order chi connectivity index (χ0) is 14.4. The lowest BCUT2D eigenvalue weighted by Gasteiger charge is -2.27. The molecular weight excluding hydrogens is 236 g/mol. The van der Waals surface area contributed by atoms with Crippen molar-refractivity contribution < 1.29 is 4.79 Å². The molecule has 0 radical (unpaired) electrons. The molecule has 0 aromatic heterocycles. The van der Waals surface area contributed by atoms with E-state index in [0.29, 0.717) is 0 Å². The van der Waals surface area contributed by atoms with Crippen LogP contribution in [0.15, 0.2) is 18.2 Å². The number of nitrogens with one attached hydrogen (secondary N) is 1. The van der Waals surface area contributed by atoms with Crippen LogP contribution in [-0.4, -0.2) is 29.9 Å². The Balaban J connectivity index is 3.11. The van der Waals surface area contributed by atoms with E-state index >= 15 is 0 Å². The highest BCUT2D eigenvalue weighted by molar-refractivity contribution is 6.00. The first-order chi connectivity index (χ1) is 9.01. The van der Waals surface area contributed by atoms with Crippen molar-refractivity contribution >= 4 is 11.6 Å². The fraction of sp³-hybridized carbons (Fsp3) is 0.562. The zero-order valence-corrected chi connectivity index (χ0v) is 12.8. The molecule has 0 unspecified atom stereocenters. The molecule has 0 fully saturated rings. The third-order valence-corrected chi connectivity index (χ3v) is 3.12. The maximum absolute atomic E-state index is 12.7. The van der Waals surface area contributed by atoms with Gasteiger partial charge in [-0.15, -0.1) is 0 Å². The summed E-state index contributed by atoms with van der Waals surface area (Å²) >= 11 is 0. The lowest BCUT2D eigenvalue weighted by Crippen LogP contribution is -2.37. The van der Waals surface area contributed by atoms with Crippen molar-refractivity contribution in [2.75, 3.05) is 18.4 Å². The van der Waals surface area contributed by atoms with Crippen LogP contribution in [0.2, 0.25) is 0 Å². The molecule has 1 aromatic carbocycles. The van der Waals surface area contributed by atoms with E-state index in [0.717, 1.165) is 36.3 Å². The Morgan fingerprint density at radius 2 is 2.00 bits per heavy atom. The number of benzene rings is 1. The molecule has 1 N–H and O–H groups in total. The molecule has 3 nitrogen and oxygen atoms in total. The monoisotopic (exact) mass is 262 g/mol. The van der Waals surface area contributed by atoms with Gasteiger partial charge < -0.3 is 10.2 Å². The Labute approximate surface area is 117 Å². The van der Waals surface area contributed by atoms with Gasteiger partial charge >= 0.3 is 0 Å². The van der Waals surface area contributed by atoms with Gasteiger partial charge in [-0.05, 0) is 46.2 Å². The zero-order valence-electron chi connectivity index (χ0n) is 12.8. The van der Waals surface area contributed by atoms with Crippen LogP contribution in [-0.2, 0) is 0 Å². The Morgan fingerprint density at radius 1 is 1.32 bits per heavy atom. The molecule has 19 heavy (non-hydrogen) atoms. The molecule has 106 valence electrons. The molecule has 0 spiro atoms. The molecule has 1 amide bonds. The molecule has 0 aliphatic rings. The lowest BCUT2D eigenvalue weighted by atomic mass is 10.1. The van der Waals surface area contributed by atoms with Gasteiger partial charge in [0.2, 0.25) is 0 Å². The van der Waals surface area contributed by atoms with E-state index in [9.17, 15) is 4.79 Å². The van der Waals surface area contributed by atoms with Gasteiger partial charge in [0.25, 0.3) is 5.91 Å². The maximum Gasteiger partial charge on any atom is 0.256 e. The maximum atomic E-state index is 12.7. The number of rotatable bonds is 6. The first-order valence-corrected chi connectivity index (χ1v) is 7.16. The quantitative estimate of drug-likeness (QED) is 0.848. The molecular formula is C16H26N2O. The van der Waals surface area contributed by atoms with Crippen molar-refractivity contribution in [1.82, 2.24) is 4.90 Å². The van der Waals surface area contributed by atoms with E-state index < -0.39 is 0 Å². The Bertz CT molecular complexity index is 427. The molecule has 0 aliphatic heterocycles. The fourth-order valence-corrected chi connectivity index (χ4v) is 2.17. The lowest BCUT2D eigenvalue weighted by molar-refractivity contribution is 0.0707. The standard InChI is InChI=1S/C16H26N2O/c1-6-10-18(12(3)4)16(19)14-11-13(5)8-9-15(14)17-7-2/h8-9,11-12,17H,6-7,10H2,1-5H3. The molecule has 1 rings (SSSR count). The van der Waals surface area contributed by atoms with Crippen LogP contribution in [0, 0.1) is 6.92 Å². The average molecular weight is 262 g/mol. The number of aryl methyl sites for hydroxylation is 1. The van der Waals surface area contributed by atoms with Gasteiger partial charge in [0.05, 0.1) is 5.56 Å². The van der Waals surface area contributed by atoms with Gasteiger partial charge in [0, 0.05) is 24.8 Å². The predicted molar refractivity (Wildman–Crippen MR) is 81.8 cm³/mol. The Kier molecular flexibility index (Phi) is 5.87. The minimum absolute atomic E-state index is 0.122. The minimum atomic E-state index is 0.122. The summed E-state index contributed by atoms with van der Waals surface area (Å²) in [6, 6.07) is 6.23. The van der Waals surface area contributed by atoms with E-state index in [4.69, 9.17) is 0 Å². The van der Waals surface area contributed by atoms with Gasteiger partial charge in [0.1, 0.15) is 0 Å². The van der Waals surface area contributed by atoms with Crippen molar-refractivity contribution in [3.05, 3.63) is 29.3 Å². The second-order valence-corrected chi connectivity index (χ2v) is 5.17. The molecule has 3 heteroatoms. The Morgan fingerprint density at radius 3 is 2.53 bits per heavy atom. The molecule has 0 saturated carbocycles. The Hall–Kier alpha value is -1.51.